The summed E-state index contributed by atoms with van der Waals surface area (Å²) in [4.78, 5) is 49.6. The zero-order valence-electron chi connectivity index (χ0n) is 46.6. The van der Waals surface area contributed by atoms with Crippen molar-refractivity contribution in [3.05, 3.63) is 76.4 Å². The molecule has 1 saturated heterocycles. The molecular weight excluding hydrogens is 1110 g/mol. The number of halogens is 4. The second-order valence-electron chi connectivity index (χ2n) is 18.0. The summed E-state index contributed by atoms with van der Waals surface area (Å²) in [7, 11) is 0. The smallest absolute Gasteiger partial charge is 0.313 e. The van der Waals surface area contributed by atoms with Crippen LogP contribution in [0.2, 0.25) is 0 Å². The van der Waals surface area contributed by atoms with Crippen LogP contribution in [0.15, 0.2) is 51.9 Å². The first kappa shape index (κ1) is 67.5. The van der Waals surface area contributed by atoms with Crippen molar-refractivity contribution >= 4 is 47.4 Å². The molecule has 3 N–H and O–H groups in total. The van der Waals surface area contributed by atoms with Crippen LogP contribution < -0.4 is 15.2 Å². The van der Waals surface area contributed by atoms with E-state index in [9.17, 15) is 31.9 Å². The number of ether oxygens (including phenoxy) is 12. The molecule has 26 heteroatoms. The van der Waals surface area contributed by atoms with Gasteiger partial charge < -0.3 is 72.0 Å². The Hall–Kier alpha value is -5.33. The highest BCUT2D eigenvalue weighted by molar-refractivity contribution is 7.93. The summed E-state index contributed by atoms with van der Waals surface area (Å²) < 4.78 is 130. The van der Waals surface area contributed by atoms with E-state index in [-0.39, 0.29) is 57.9 Å². The third kappa shape index (κ3) is 23.4. The molecule has 2 heterocycles. The van der Waals surface area contributed by atoms with Gasteiger partial charge in [0.1, 0.15) is 23.1 Å². The highest BCUT2D eigenvalue weighted by Crippen LogP contribution is 2.36. The molecule has 82 heavy (non-hydrogen) atoms. The van der Waals surface area contributed by atoms with E-state index in [1.807, 2.05) is 55.2 Å². The van der Waals surface area contributed by atoms with E-state index in [0.717, 1.165) is 36.0 Å². The minimum atomic E-state index is -1.95. The van der Waals surface area contributed by atoms with Gasteiger partial charge in [0.15, 0.2) is 11.6 Å². The number of nitrogens with two attached hydrogens (primary N) is 1. The lowest BCUT2D eigenvalue weighted by molar-refractivity contribution is -0.180. The molecule has 5 rings (SSSR count). The van der Waals surface area contributed by atoms with Gasteiger partial charge in [0.05, 0.1) is 156 Å². The summed E-state index contributed by atoms with van der Waals surface area (Å²) >= 11 is -0.521. The molecule has 3 aromatic rings. The number of rotatable bonds is 43. The van der Waals surface area contributed by atoms with Crippen LogP contribution in [0, 0.1) is 23.3 Å². The third-order valence-electron chi connectivity index (χ3n) is 11.9. The molecule has 0 spiro atoms. The SMILES string of the molecule is CCCN(OCC)C(=O)C1=Cc2ccc(-c3ccc(C(=O)N4CCCC4)c(OCCOCCOCCOCCOCCOCCOCCOCCOCCOCCOCCC(=O)Oc4c(F)c(F)c(SO)c(F)c4F)c3)cc2N=C(N)C1. The van der Waals surface area contributed by atoms with Crippen molar-refractivity contribution in [3.63, 3.8) is 0 Å². The predicted octanol–water partition coefficient (Wildman–Crippen LogP) is 7.22. The zero-order valence-corrected chi connectivity index (χ0v) is 47.4. The van der Waals surface area contributed by atoms with E-state index in [4.69, 9.17) is 67.2 Å². The van der Waals surface area contributed by atoms with Crippen LogP contribution in [0.25, 0.3) is 17.2 Å². The largest absolute Gasteiger partial charge is 0.490 e. The predicted molar refractivity (Wildman–Crippen MR) is 293 cm³/mol. The Morgan fingerprint density at radius 1 is 0.634 bits per heavy atom. The van der Waals surface area contributed by atoms with Gasteiger partial charge in [0, 0.05) is 49.2 Å². The Labute approximate surface area is 479 Å². The molecule has 1 fully saturated rings. The van der Waals surface area contributed by atoms with Crippen LogP contribution >= 0.6 is 12.0 Å². The third-order valence-corrected chi connectivity index (χ3v) is 12.5. The van der Waals surface area contributed by atoms with Crippen molar-refractivity contribution in [3.8, 4) is 22.6 Å². The molecule has 0 bridgehead atoms. The summed E-state index contributed by atoms with van der Waals surface area (Å²) in [5, 5.41) is 1.38. The molecular formula is C56H76F4N4O17S. The number of hydrogen-bond acceptors (Lipinski definition) is 20. The number of carbonyl (C=O) groups excluding carboxylic acids is 3. The quantitative estimate of drug-likeness (QED) is 0.0108. The second kappa shape index (κ2) is 39.3. The Morgan fingerprint density at radius 2 is 1.10 bits per heavy atom. The van der Waals surface area contributed by atoms with Gasteiger partial charge in [-0.2, -0.15) is 8.78 Å². The Balaban J connectivity index is 0.808. The molecule has 0 unspecified atom stereocenters. The van der Waals surface area contributed by atoms with Crippen molar-refractivity contribution in [2.75, 3.05) is 165 Å². The van der Waals surface area contributed by atoms with Gasteiger partial charge in [-0.1, -0.05) is 25.1 Å². The van der Waals surface area contributed by atoms with Crippen LogP contribution in [0.4, 0.5) is 23.2 Å². The van der Waals surface area contributed by atoms with Crippen molar-refractivity contribution in [1.82, 2.24) is 9.96 Å². The number of fused-ring (bicyclic) bond motifs is 1. The minimum Gasteiger partial charge on any atom is -0.490 e. The van der Waals surface area contributed by atoms with Crippen LogP contribution in [0.1, 0.15) is 61.9 Å². The van der Waals surface area contributed by atoms with E-state index in [0.29, 0.717) is 154 Å². The van der Waals surface area contributed by atoms with Gasteiger partial charge in [-0.3, -0.25) is 19.2 Å². The zero-order chi connectivity index (χ0) is 58.7. The van der Waals surface area contributed by atoms with Crippen LogP contribution in [0.5, 0.6) is 11.5 Å². The molecule has 0 saturated carbocycles. The molecule has 0 radical (unpaired) electrons. The van der Waals surface area contributed by atoms with E-state index < -0.39 is 58.3 Å². The average Bonchev–Trinajstić information content (AvgIpc) is 4.03. The lowest BCUT2D eigenvalue weighted by Gasteiger charge is -2.21. The normalized spacial score (nSPS) is 13.2. The molecule has 2 aliphatic heterocycles. The van der Waals surface area contributed by atoms with Crippen molar-refractivity contribution in [2.45, 2.75) is 50.8 Å². The first-order chi connectivity index (χ1) is 40.0. The maximum atomic E-state index is 13.9. The highest BCUT2D eigenvalue weighted by atomic mass is 32.2. The molecule has 0 atom stereocenters. The highest BCUT2D eigenvalue weighted by Gasteiger charge is 2.29. The van der Waals surface area contributed by atoms with E-state index >= 15 is 0 Å². The second-order valence-corrected chi connectivity index (χ2v) is 18.6. The number of carbonyl (C=O) groups is 3. The van der Waals surface area contributed by atoms with Crippen molar-refractivity contribution in [2.24, 2.45) is 10.7 Å². The minimum absolute atomic E-state index is 0.0745. The Morgan fingerprint density at radius 3 is 1.57 bits per heavy atom. The number of likely N-dealkylation sites (tertiary alicyclic amines) is 1. The number of hydrogen-bond donors (Lipinski definition) is 2. The lowest BCUT2D eigenvalue weighted by Crippen LogP contribution is -2.34. The van der Waals surface area contributed by atoms with Gasteiger partial charge in [0.2, 0.25) is 17.4 Å². The fourth-order valence-electron chi connectivity index (χ4n) is 7.91. The van der Waals surface area contributed by atoms with Gasteiger partial charge >= 0.3 is 5.97 Å². The topological polar surface area (TPSA) is 236 Å². The van der Waals surface area contributed by atoms with E-state index in [2.05, 4.69) is 9.73 Å². The average molecular weight is 1190 g/mol. The number of benzene rings is 3. The van der Waals surface area contributed by atoms with Gasteiger partial charge in [-0.25, -0.2) is 18.8 Å². The van der Waals surface area contributed by atoms with Gasteiger partial charge in [-0.05, 0) is 61.6 Å². The molecule has 456 valence electrons. The fraction of sp³-hybridized carbons (Fsp3) is 0.571. The number of nitrogens with zero attached hydrogens (tertiary/aromatic N) is 3. The number of amidine groups is 1. The molecule has 0 aromatic heterocycles. The van der Waals surface area contributed by atoms with Crippen molar-refractivity contribution < 1.29 is 98.2 Å². The number of esters is 1. The molecule has 0 aliphatic carbocycles. The Bertz CT molecular complexity index is 2460. The molecule has 21 nitrogen and oxygen atoms in total. The molecule has 3 aromatic carbocycles. The van der Waals surface area contributed by atoms with Crippen LogP contribution in [-0.2, 0) is 61.8 Å². The summed E-state index contributed by atoms with van der Waals surface area (Å²) in [6.07, 6.45) is 4.22. The van der Waals surface area contributed by atoms with Crippen LogP contribution in [0.3, 0.4) is 0 Å². The first-order valence-electron chi connectivity index (χ1n) is 27.3. The van der Waals surface area contributed by atoms with Gasteiger partial charge in [-0.15, -0.1) is 0 Å². The number of aliphatic imine (C=N–C) groups is 1. The lowest BCUT2D eigenvalue weighted by atomic mass is 9.99. The summed E-state index contributed by atoms with van der Waals surface area (Å²) in [6.45, 7) is 12.6. The molecule has 2 amide bonds. The van der Waals surface area contributed by atoms with E-state index in [1.54, 1.807) is 6.07 Å². The van der Waals surface area contributed by atoms with Gasteiger partial charge in [0.25, 0.3) is 11.8 Å². The van der Waals surface area contributed by atoms with Crippen molar-refractivity contribution in [1.29, 1.82) is 0 Å². The van der Waals surface area contributed by atoms with E-state index in [1.165, 1.54) is 5.06 Å². The fourth-order valence-corrected chi connectivity index (χ4v) is 8.25. The summed E-state index contributed by atoms with van der Waals surface area (Å²) in [6, 6.07) is 11.3. The summed E-state index contributed by atoms with van der Waals surface area (Å²) in [5.74, 6) is -9.94. The van der Waals surface area contributed by atoms with Crippen LogP contribution in [-0.4, -0.2) is 203 Å². The summed E-state index contributed by atoms with van der Waals surface area (Å²) in [5.41, 5.74) is 10.4. The maximum Gasteiger partial charge on any atom is 0.313 e. The standard InChI is InChI=1S/C56H76F4N4O17S/c1-3-12-64(80-4-2)55(66)43-36-42-8-7-40(37-45(42)62-47(61)39-43)41-9-10-44(56(67)63-13-5-6-14-63)46(38-41)79-35-34-78-33-32-77-31-30-76-29-28-75-27-26-74-25-24-73-23-22-72-21-20-71-19-18-70-17-16-69-15-11-48(65)81-53-49(57)51(59)54(82-68)52(60)50(53)58/h7-10,36-38,68H,3-6,11-35,39H2,1-2H3,(H2,61,62). The maximum absolute atomic E-state index is 13.9. The Kier molecular flexibility index (Phi) is 32.3. The first-order valence-corrected chi connectivity index (χ1v) is 28.1. The number of amides is 2. The monoisotopic (exact) mass is 1180 g/mol. The number of hydroxylamine groups is 2. The molecule has 2 aliphatic rings.